The van der Waals surface area contributed by atoms with Crippen LogP contribution in [0.25, 0.3) is 10.9 Å². The van der Waals surface area contributed by atoms with E-state index in [-0.39, 0.29) is 10.8 Å². The van der Waals surface area contributed by atoms with Gasteiger partial charge in [0.05, 0.1) is 16.2 Å². The summed E-state index contributed by atoms with van der Waals surface area (Å²) in [7, 11) is 0. The molecule has 0 unspecified atom stereocenters. The topological polar surface area (TPSA) is 76.5 Å². The Morgan fingerprint density at radius 3 is 2.61 bits per heavy atom. The molecule has 1 N–H and O–H groups in total. The smallest absolute Gasteiger partial charge is 0.258 e. The van der Waals surface area contributed by atoms with E-state index in [2.05, 4.69) is 43.8 Å². The molecule has 0 aliphatic carbocycles. The Morgan fingerprint density at radius 1 is 1.07 bits per heavy atom. The normalized spacial score (nSPS) is 12.4. The predicted octanol–water partition coefficient (Wildman–Crippen LogP) is 3.98. The molecular formula is C21H21N5OS. The van der Waals surface area contributed by atoms with Crippen LogP contribution in [0.4, 0.5) is 0 Å². The number of nitrogens with one attached hydrogen (secondary N) is 1. The van der Waals surface area contributed by atoms with E-state index in [4.69, 9.17) is 0 Å². The molecule has 0 saturated heterocycles. The maximum atomic E-state index is 12.3. The first-order valence-electron chi connectivity index (χ1n) is 9.27. The number of thioether (sulfide) groups is 1. The molecule has 28 heavy (non-hydrogen) atoms. The van der Waals surface area contributed by atoms with Gasteiger partial charge in [-0.15, -0.1) is 10.2 Å². The largest absolute Gasteiger partial charge is 0.309 e. The van der Waals surface area contributed by atoms with Crippen LogP contribution in [0.2, 0.25) is 0 Å². The lowest BCUT2D eigenvalue weighted by Gasteiger charge is -2.12. The maximum absolute atomic E-state index is 12.3. The summed E-state index contributed by atoms with van der Waals surface area (Å²) < 4.78 is 2.12. The summed E-state index contributed by atoms with van der Waals surface area (Å²) in [6.45, 7) is 4.89. The highest BCUT2D eigenvalue weighted by molar-refractivity contribution is 7.99. The minimum Gasteiger partial charge on any atom is -0.309 e. The molecule has 1 atom stereocenters. The molecular weight excluding hydrogens is 370 g/mol. The van der Waals surface area contributed by atoms with Crippen molar-refractivity contribution in [2.24, 2.45) is 0 Å². The summed E-state index contributed by atoms with van der Waals surface area (Å²) in [5.74, 6) is 1.58. The molecule has 7 heteroatoms. The molecule has 0 bridgehead atoms. The highest BCUT2D eigenvalue weighted by atomic mass is 32.2. The van der Waals surface area contributed by atoms with Crippen LogP contribution in [-0.4, -0.2) is 24.7 Å². The Kier molecular flexibility index (Phi) is 5.25. The Balaban J connectivity index is 1.60. The van der Waals surface area contributed by atoms with Crippen LogP contribution in [0.3, 0.4) is 0 Å². The van der Waals surface area contributed by atoms with Gasteiger partial charge in [-0.05, 0) is 31.5 Å². The summed E-state index contributed by atoms with van der Waals surface area (Å²) in [5, 5.41) is 10.2. The van der Waals surface area contributed by atoms with E-state index in [1.807, 2.05) is 43.3 Å². The number of H-pyrrole nitrogens is 1. The first kappa shape index (κ1) is 18.4. The van der Waals surface area contributed by atoms with Crippen molar-refractivity contribution in [3.05, 3.63) is 82.2 Å². The highest BCUT2D eigenvalue weighted by Gasteiger charge is 2.18. The van der Waals surface area contributed by atoms with E-state index in [0.717, 1.165) is 23.9 Å². The fourth-order valence-corrected chi connectivity index (χ4v) is 4.13. The van der Waals surface area contributed by atoms with Crippen molar-refractivity contribution in [1.29, 1.82) is 0 Å². The molecule has 6 nitrogen and oxygen atoms in total. The van der Waals surface area contributed by atoms with Crippen molar-refractivity contribution in [3.63, 3.8) is 0 Å². The Morgan fingerprint density at radius 2 is 1.82 bits per heavy atom. The van der Waals surface area contributed by atoms with Gasteiger partial charge in [0.1, 0.15) is 11.6 Å². The van der Waals surface area contributed by atoms with Crippen LogP contribution in [-0.2, 0) is 13.0 Å². The fourth-order valence-electron chi connectivity index (χ4n) is 3.14. The summed E-state index contributed by atoms with van der Waals surface area (Å²) in [6.07, 6.45) is 0.738. The molecule has 0 aliphatic rings. The maximum Gasteiger partial charge on any atom is 0.258 e. The van der Waals surface area contributed by atoms with Crippen LogP contribution in [0.15, 0.2) is 64.5 Å². The zero-order valence-electron chi connectivity index (χ0n) is 15.8. The van der Waals surface area contributed by atoms with Gasteiger partial charge in [-0.3, -0.25) is 4.79 Å². The number of para-hydroxylation sites is 1. The number of nitrogens with zero attached hydrogens (tertiary/aromatic N) is 4. The van der Waals surface area contributed by atoms with Gasteiger partial charge < -0.3 is 9.55 Å². The van der Waals surface area contributed by atoms with Gasteiger partial charge in [-0.2, -0.15) is 0 Å². The Hall–Kier alpha value is -2.93. The van der Waals surface area contributed by atoms with Crippen LogP contribution < -0.4 is 5.56 Å². The van der Waals surface area contributed by atoms with Crippen LogP contribution in [0.1, 0.15) is 36.3 Å². The number of hydrogen-bond acceptors (Lipinski definition) is 5. The van der Waals surface area contributed by atoms with Crippen LogP contribution >= 0.6 is 11.8 Å². The lowest BCUT2D eigenvalue weighted by atomic mass is 10.1. The average molecular weight is 392 g/mol. The second-order valence-corrected chi connectivity index (χ2v) is 7.84. The van der Waals surface area contributed by atoms with Crippen molar-refractivity contribution < 1.29 is 0 Å². The van der Waals surface area contributed by atoms with Crippen LogP contribution in [0.5, 0.6) is 0 Å². The van der Waals surface area contributed by atoms with Crippen molar-refractivity contribution in [3.8, 4) is 0 Å². The van der Waals surface area contributed by atoms with Gasteiger partial charge in [0.25, 0.3) is 5.56 Å². The highest BCUT2D eigenvalue weighted by Crippen LogP contribution is 2.32. The van der Waals surface area contributed by atoms with Gasteiger partial charge >= 0.3 is 0 Å². The van der Waals surface area contributed by atoms with Crippen molar-refractivity contribution in [2.75, 3.05) is 0 Å². The molecule has 0 aliphatic heterocycles. The number of rotatable bonds is 6. The predicted molar refractivity (Wildman–Crippen MR) is 112 cm³/mol. The zero-order chi connectivity index (χ0) is 19.5. The summed E-state index contributed by atoms with van der Waals surface area (Å²) in [5.41, 5.74) is 1.79. The lowest BCUT2D eigenvalue weighted by molar-refractivity contribution is 0.649. The van der Waals surface area contributed by atoms with Gasteiger partial charge in [0.2, 0.25) is 0 Å². The third-order valence-electron chi connectivity index (χ3n) is 4.61. The third-order valence-corrected chi connectivity index (χ3v) is 5.70. The second kappa shape index (κ2) is 7.98. The van der Waals surface area contributed by atoms with E-state index in [9.17, 15) is 4.79 Å². The SMILES string of the molecule is CCn1c(Cc2ccccc2)nnc1S[C@H](C)c1nc2ccccc2c(=O)[nH]1. The molecule has 0 spiro atoms. The standard InChI is InChI=1S/C21H21N5OS/c1-3-26-18(13-15-9-5-4-6-10-15)24-25-21(26)28-14(2)19-22-17-12-8-7-11-16(17)20(27)23-19/h4-12,14H,3,13H2,1-2H3,(H,22,23,27)/t14-/m1/s1. The van der Waals surface area contributed by atoms with Crippen molar-refractivity contribution in [2.45, 2.75) is 37.2 Å². The molecule has 2 aromatic carbocycles. The molecule has 0 saturated carbocycles. The average Bonchev–Trinajstić information content (AvgIpc) is 3.09. The number of hydrogen-bond donors (Lipinski definition) is 1. The lowest BCUT2D eigenvalue weighted by Crippen LogP contribution is -2.13. The second-order valence-electron chi connectivity index (χ2n) is 6.53. The molecule has 4 rings (SSSR count). The van der Waals surface area contributed by atoms with Gasteiger partial charge in [0.15, 0.2) is 5.16 Å². The Labute approximate surface area is 167 Å². The molecule has 2 heterocycles. The molecule has 0 fully saturated rings. The van der Waals surface area contributed by atoms with E-state index >= 15 is 0 Å². The fraction of sp³-hybridized carbons (Fsp3) is 0.238. The summed E-state index contributed by atoms with van der Waals surface area (Å²) >= 11 is 1.55. The molecule has 0 radical (unpaired) electrons. The number of fused-ring (bicyclic) bond motifs is 1. The monoisotopic (exact) mass is 391 g/mol. The Bertz CT molecular complexity index is 1150. The molecule has 142 valence electrons. The quantitative estimate of drug-likeness (QED) is 0.503. The van der Waals surface area contributed by atoms with E-state index in [1.165, 1.54) is 5.56 Å². The van der Waals surface area contributed by atoms with E-state index in [1.54, 1.807) is 17.8 Å². The number of aromatic amines is 1. The minimum absolute atomic E-state index is 0.0589. The number of aromatic nitrogens is 5. The number of benzene rings is 2. The molecule has 0 amide bonds. The zero-order valence-corrected chi connectivity index (χ0v) is 16.6. The first-order chi connectivity index (χ1) is 13.7. The first-order valence-corrected chi connectivity index (χ1v) is 10.1. The van der Waals surface area contributed by atoms with Crippen molar-refractivity contribution in [1.82, 2.24) is 24.7 Å². The van der Waals surface area contributed by atoms with Gasteiger partial charge in [-0.1, -0.05) is 54.2 Å². The van der Waals surface area contributed by atoms with Gasteiger partial charge in [0, 0.05) is 13.0 Å². The van der Waals surface area contributed by atoms with Crippen molar-refractivity contribution >= 4 is 22.7 Å². The third kappa shape index (κ3) is 3.71. The minimum atomic E-state index is -0.116. The van der Waals surface area contributed by atoms with E-state index in [0.29, 0.717) is 16.7 Å². The molecule has 4 aromatic rings. The molecule has 2 aromatic heterocycles. The summed E-state index contributed by atoms with van der Waals surface area (Å²) in [6, 6.07) is 17.6. The summed E-state index contributed by atoms with van der Waals surface area (Å²) in [4.78, 5) is 19.9. The van der Waals surface area contributed by atoms with Gasteiger partial charge in [-0.25, -0.2) is 4.98 Å². The van der Waals surface area contributed by atoms with E-state index < -0.39 is 0 Å². The van der Waals surface area contributed by atoms with Crippen LogP contribution in [0, 0.1) is 0 Å².